The van der Waals surface area contributed by atoms with E-state index < -0.39 is 296 Å². The summed E-state index contributed by atoms with van der Waals surface area (Å²) in [6.07, 6.45) is -63.5. The summed E-state index contributed by atoms with van der Waals surface area (Å²) in [6, 6.07) is 0. The lowest BCUT2D eigenvalue weighted by atomic mass is 9.41. The van der Waals surface area contributed by atoms with E-state index in [0.29, 0.717) is 18.4 Å². The molecule has 4 aliphatic carbocycles. The number of ether oxygens (including phenoxy) is 8. The molecule has 5 fully saturated rings. The summed E-state index contributed by atoms with van der Waals surface area (Å²) in [6.45, 7) is 2.30. The van der Waals surface area contributed by atoms with Crippen LogP contribution in [0.25, 0.3) is 0 Å². The summed E-state index contributed by atoms with van der Waals surface area (Å²) in [7, 11) is 0. The average Bonchev–Trinajstić information content (AvgIpc) is 1.44. The second-order valence-electron chi connectivity index (χ2n) is 27.5. The molecule has 1 spiro atoms. The minimum Gasteiger partial charge on any atom is -0.460 e. The molecular formula is C62H110O38. The number of aliphatic hydroxyl groups excluding tert-OH is 29. The maximum absolute atomic E-state index is 15.1. The van der Waals surface area contributed by atoms with Crippen LogP contribution in [0.5, 0.6) is 0 Å². The van der Waals surface area contributed by atoms with Crippen molar-refractivity contribution in [2.75, 3.05) is 46.2 Å². The quantitative estimate of drug-likeness (QED) is 0.0117. The van der Waals surface area contributed by atoms with E-state index in [0.717, 1.165) is 0 Å². The van der Waals surface area contributed by atoms with E-state index >= 15 is 4.79 Å². The zero-order valence-corrected chi connectivity index (χ0v) is 55.7. The fourth-order valence-corrected chi connectivity index (χ4v) is 15.2. The molecular weight excluding hydrogens is 1350 g/mol. The topological polar surface area (TPSA) is 678 Å². The standard InChI is InChI=1S/C62H110O38/c1-26-23-61-15-5-34-59(2,13-4-14-60(34,3)58(92)99-55(90)49(96-53(88)44(83)38(77)29(71)9-19-65)48(31(73)11-21-67)98-57-46(85)41(80)40(79)33(24-68)94-57)35(61)6-16-62(26,25-61)100-56(91)50(97-54(89)45(84)39(78)30(72)10-20-66)47(95-52(87)43(82)37(76)28(70)8-18-64)32(74)12-22-93-51(86)42(81)36(75)27(69)7-17-63/h27-46,48-49,51-57,63-91H,1,4-25H2,2-3H3/b50-47+/t27?,28?,29?,30?,31?,32?,33?,34?,35-,36?,37?,38?,39?,40?,41?,42?,43?,44?,45?,46?,48?,49?,51?,52?,53?,54?,55?,56?,57?,59+,60+,61+,62?/m0/s1. The summed E-state index contributed by atoms with van der Waals surface area (Å²) in [5.74, 6) is -4.62. The molecule has 2 bridgehead atoms. The van der Waals surface area contributed by atoms with E-state index in [-0.39, 0.29) is 50.9 Å². The summed E-state index contributed by atoms with van der Waals surface area (Å²) in [5, 5.41) is 309. The molecule has 38 heteroatoms. The summed E-state index contributed by atoms with van der Waals surface area (Å²) >= 11 is 0. The Morgan fingerprint density at radius 3 is 1.48 bits per heavy atom. The van der Waals surface area contributed by atoms with Crippen molar-refractivity contribution in [1.82, 2.24) is 0 Å². The molecule has 0 amide bonds. The molecule has 5 aliphatic rings. The third-order valence-corrected chi connectivity index (χ3v) is 20.8. The summed E-state index contributed by atoms with van der Waals surface area (Å²) in [4.78, 5) is 15.1. The largest absolute Gasteiger partial charge is 0.460 e. The minimum atomic E-state index is -2.80. The Morgan fingerprint density at radius 1 is 0.510 bits per heavy atom. The molecule has 1 heterocycles. The Balaban J connectivity index is 1.52. The predicted octanol–water partition coefficient (Wildman–Crippen LogP) is -11.3. The van der Waals surface area contributed by atoms with Gasteiger partial charge in [0.1, 0.15) is 85.5 Å². The number of hydrogen-bond acceptors (Lipinski definition) is 38. The molecule has 38 nitrogen and oxygen atoms in total. The van der Waals surface area contributed by atoms with E-state index in [2.05, 4.69) is 6.58 Å². The molecule has 29 N–H and O–H groups in total. The van der Waals surface area contributed by atoms with Gasteiger partial charge >= 0.3 is 5.97 Å². The Kier molecular flexibility index (Phi) is 33.9. The molecule has 29 unspecified atom stereocenters. The van der Waals surface area contributed by atoms with E-state index in [1.54, 1.807) is 6.92 Å². The summed E-state index contributed by atoms with van der Waals surface area (Å²) in [5.41, 5.74) is -4.49. The lowest BCUT2D eigenvalue weighted by molar-refractivity contribution is -0.346. The summed E-state index contributed by atoms with van der Waals surface area (Å²) < 4.78 is 45.5. The van der Waals surface area contributed by atoms with Crippen molar-refractivity contribution in [2.45, 2.75) is 282 Å². The lowest BCUT2D eigenvalue weighted by Crippen LogP contribution is -2.62. The molecule has 0 aromatic carbocycles. The number of hydrogen-bond donors (Lipinski definition) is 29. The van der Waals surface area contributed by atoms with Crippen LogP contribution in [0.2, 0.25) is 0 Å². The Hall–Kier alpha value is -2.81. The van der Waals surface area contributed by atoms with Crippen LogP contribution in [0, 0.1) is 28.1 Å². The van der Waals surface area contributed by atoms with Crippen molar-refractivity contribution in [3.8, 4) is 0 Å². The Morgan fingerprint density at radius 2 is 0.980 bits per heavy atom. The minimum absolute atomic E-state index is 0.0140. The van der Waals surface area contributed by atoms with Crippen molar-refractivity contribution >= 4 is 5.97 Å². The van der Waals surface area contributed by atoms with Gasteiger partial charge in [0.05, 0.1) is 54.7 Å². The monoisotopic (exact) mass is 1460 g/mol. The number of carbonyl (C=O) groups excluding carboxylic acids is 1. The smallest absolute Gasteiger partial charge is 0.314 e. The van der Waals surface area contributed by atoms with Crippen LogP contribution in [0.1, 0.15) is 110 Å². The van der Waals surface area contributed by atoms with E-state index in [4.69, 9.17) is 43.0 Å². The first kappa shape index (κ1) is 87.8. The SMILES string of the molecule is C=C1C[C@@]23CCC4[C@](C)(C(=O)OC(O)C(OC(O)C(O)C(O)C(O)CCO)C(OC5OC(CO)C(O)C(O)C5O)C(O)CCO)CCC[C@@]4(C)[C@@H]2CCC1(OC(O)/C(OC(O)C(O)C(O)C(O)CCO)=C(\OC(O)C(O)C(O)C(O)CCO)C(O)CCOC(O)C(O)C(O)C(O)CCO)C3. The van der Waals surface area contributed by atoms with Gasteiger partial charge in [0.15, 0.2) is 36.5 Å². The highest BCUT2D eigenvalue weighted by Crippen LogP contribution is 2.74. The van der Waals surface area contributed by atoms with Crippen molar-refractivity contribution in [3.05, 3.63) is 23.7 Å². The van der Waals surface area contributed by atoms with Gasteiger partial charge in [0.25, 0.3) is 0 Å². The van der Waals surface area contributed by atoms with Crippen molar-refractivity contribution in [3.63, 3.8) is 0 Å². The van der Waals surface area contributed by atoms with Crippen LogP contribution in [0.15, 0.2) is 23.7 Å². The van der Waals surface area contributed by atoms with Crippen LogP contribution in [-0.4, -0.2) is 372 Å². The highest BCUT2D eigenvalue weighted by Gasteiger charge is 2.69. The van der Waals surface area contributed by atoms with Gasteiger partial charge in [-0.15, -0.1) is 0 Å². The van der Waals surface area contributed by atoms with E-state index in [9.17, 15) is 143 Å². The Labute approximate surface area is 575 Å². The number of aliphatic hydroxyl groups is 29. The highest BCUT2D eigenvalue weighted by molar-refractivity contribution is 5.77. The molecule has 100 heavy (non-hydrogen) atoms. The van der Waals surface area contributed by atoms with Gasteiger partial charge in [-0.1, -0.05) is 19.9 Å². The van der Waals surface area contributed by atoms with Gasteiger partial charge in [-0.2, -0.15) is 0 Å². The van der Waals surface area contributed by atoms with Gasteiger partial charge in [-0.25, -0.2) is 0 Å². The third-order valence-electron chi connectivity index (χ3n) is 20.8. The highest BCUT2D eigenvalue weighted by atomic mass is 16.7. The molecule has 5 rings (SSSR count). The van der Waals surface area contributed by atoms with Crippen LogP contribution >= 0.6 is 0 Å². The average molecular weight is 1460 g/mol. The zero-order chi connectivity index (χ0) is 75.3. The molecule has 4 saturated carbocycles. The van der Waals surface area contributed by atoms with Gasteiger partial charge in [-0.05, 0) is 119 Å². The molecule has 0 aromatic rings. The third kappa shape index (κ3) is 20.3. The number of fused-ring (bicyclic) bond motifs is 3. The van der Waals surface area contributed by atoms with Crippen molar-refractivity contribution < 1.29 is 191 Å². The van der Waals surface area contributed by atoms with Gasteiger partial charge in [0.2, 0.25) is 25.2 Å². The van der Waals surface area contributed by atoms with Gasteiger partial charge in [-0.3, -0.25) is 4.79 Å². The first-order valence-electron chi connectivity index (χ1n) is 33.4. The van der Waals surface area contributed by atoms with Crippen molar-refractivity contribution in [2.24, 2.45) is 28.1 Å². The zero-order valence-electron chi connectivity index (χ0n) is 55.7. The molecule has 586 valence electrons. The number of rotatable bonds is 44. The van der Waals surface area contributed by atoms with E-state index in [1.165, 1.54) is 0 Å². The van der Waals surface area contributed by atoms with Crippen LogP contribution in [-0.2, 0) is 42.7 Å². The fraction of sp³-hybridized carbons (Fsp3) is 0.919. The Bertz CT molecular complexity index is 2490. The van der Waals surface area contributed by atoms with E-state index in [1.807, 2.05) is 6.92 Å². The van der Waals surface area contributed by atoms with Crippen LogP contribution in [0.4, 0.5) is 0 Å². The van der Waals surface area contributed by atoms with Crippen LogP contribution < -0.4 is 0 Å². The molecule has 1 aliphatic heterocycles. The normalized spacial score (nSPS) is 34.0. The first-order valence-corrected chi connectivity index (χ1v) is 33.4. The van der Waals surface area contributed by atoms with Crippen LogP contribution in [0.3, 0.4) is 0 Å². The first-order chi connectivity index (χ1) is 46.9. The maximum Gasteiger partial charge on any atom is 0.314 e. The maximum atomic E-state index is 15.1. The van der Waals surface area contributed by atoms with Gasteiger partial charge in [0, 0.05) is 39.5 Å². The fourth-order valence-electron chi connectivity index (χ4n) is 15.2. The molecule has 33 atom stereocenters. The second kappa shape index (κ2) is 38.6. The molecule has 0 aromatic heterocycles. The second-order valence-corrected chi connectivity index (χ2v) is 27.5. The predicted molar refractivity (Wildman–Crippen MR) is 328 cm³/mol. The molecule has 0 radical (unpaired) electrons. The van der Waals surface area contributed by atoms with Crippen molar-refractivity contribution in [1.29, 1.82) is 0 Å². The number of carbonyl (C=O) groups is 1. The van der Waals surface area contributed by atoms with Gasteiger partial charge < -0.3 is 186 Å². The lowest BCUT2D eigenvalue weighted by Gasteiger charge is -2.64. The number of esters is 1. The molecule has 1 saturated heterocycles.